The molecule has 5 heteroatoms. The number of unbranched alkanes of at least 4 members (excludes halogenated alkanes) is 1. The molecule has 0 radical (unpaired) electrons. The highest BCUT2D eigenvalue weighted by Gasteiger charge is 2.18. The Balaban J connectivity index is 2.05. The first-order valence-corrected chi connectivity index (χ1v) is 10.1. The van der Waals surface area contributed by atoms with E-state index < -0.39 is 10.8 Å². The second-order valence-corrected chi connectivity index (χ2v) is 9.56. The SMILES string of the molecule is CN=C(NCCCCC1CCCC1)NCCS(=O)C(C)(C)C. The summed E-state index contributed by atoms with van der Waals surface area (Å²) in [5.74, 6) is 2.47. The fourth-order valence-electron chi connectivity index (χ4n) is 2.85. The van der Waals surface area contributed by atoms with Crippen LogP contribution in [0.2, 0.25) is 0 Å². The van der Waals surface area contributed by atoms with Crippen LogP contribution in [0.5, 0.6) is 0 Å². The molecule has 0 aromatic heterocycles. The average Bonchev–Trinajstić information content (AvgIpc) is 2.97. The number of aliphatic imine (C=N–C) groups is 1. The molecule has 1 rings (SSSR count). The lowest BCUT2D eigenvalue weighted by molar-refractivity contribution is 0.472. The van der Waals surface area contributed by atoms with E-state index in [4.69, 9.17) is 0 Å². The highest BCUT2D eigenvalue weighted by Crippen LogP contribution is 2.28. The standard InChI is InChI=1S/C17H35N3OS/c1-17(2,3)22(21)14-13-20-16(18-4)19-12-8-7-11-15-9-5-6-10-15/h15H,5-14H2,1-4H3,(H2,18,19,20). The van der Waals surface area contributed by atoms with Crippen LogP contribution in [0.3, 0.4) is 0 Å². The molecule has 1 fully saturated rings. The maximum absolute atomic E-state index is 12.0. The highest BCUT2D eigenvalue weighted by atomic mass is 32.2. The van der Waals surface area contributed by atoms with E-state index in [9.17, 15) is 4.21 Å². The number of rotatable bonds is 8. The molecule has 0 aromatic carbocycles. The Hall–Kier alpha value is -0.580. The molecule has 1 saturated carbocycles. The van der Waals surface area contributed by atoms with Crippen LogP contribution in [0.15, 0.2) is 4.99 Å². The Kier molecular flexibility index (Phi) is 9.06. The Morgan fingerprint density at radius 1 is 1.14 bits per heavy atom. The lowest BCUT2D eigenvalue weighted by atomic mass is 10.0. The molecular formula is C17H35N3OS. The first kappa shape index (κ1) is 19.5. The van der Waals surface area contributed by atoms with E-state index >= 15 is 0 Å². The van der Waals surface area contributed by atoms with Gasteiger partial charge in [0.2, 0.25) is 0 Å². The molecule has 22 heavy (non-hydrogen) atoms. The summed E-state index contributed by atoms with van der Waals surface area (Å²) in [6.45, 7) is 7.71. The molecule has 0 bridgehead atoms. The van der Waals surface area contributed by atoms with Gasteiger partial charge in [-0.15, -0.1) is 0 Å². The normalized spacial score (nSPS) is 18.5. The van der Waals surface area contributed by atoms with E-state index in [0.29, 0.717) is 12.3 Å². The van der Waals surface area contributed by atoms with Gasteiger partial charge >= 0.3 is 0 Å². The van der Waals surface area contributed by atoms with Crippen molar-refractivity contribution in [3.05, 3.63) is 0 Å². The van der Waals surface area contributed by atoms with Gasteiger partial charge < -0.3 is 10.6 Å². The maximum Gasteiger partial charge on any atom is 0.191 e. The topological polar surface area (TPSA) is 53.5 Å². The number of nitrogens with zero attached hydrogens (tertiary/aromatic N) is 1. The lowest BCUT2D eigenvalue weighted by Crippen LogP contribution is -2.40. The first-order chi connectivity index (χ1) is 10.4. The summed E-state index contributed by atoms with van der Waals surface area (Å²) in [6, 6.07) is 0. The largest absolute Gasteiger partial charge is 0.356 e. The molecule has 1 aliphatic carbocycles. The Morgan fingerprint density at radius 2 is 1.77 bits per heavy atom. The number of guanidine groups is 1. The van der Waals surface area contributed by atoms with E-state index in [1.165, 1.54) is 44.9 Å². The second kappa shape index (κ2) is 10.2. The van der Waals surface area contributed by atoms with Gasteiger partial charge in [-0.25, -0.2) is 0 Å². The third-order valence-electron chi connectivity index (χ3n) is 4.29. The van der Waals surface area contributed by atoms with E-state index in [1.54, 1.807) is 7.05 Å². The summed E-state index contributed by atoms with van der Waals surface area (Å²) in [5.41, 5.74) is 0. The molecule has 0 heterocycles. The van der Waals surface area contributed by atoms with Crippen LogP contribution in [-0.4, -0.2) is 40.8 Å². The quantitative estimate of drug-likeness (QED) is 0.409. The van der Waals surface area contributed by atoms with Gasteiger partial charge in [0.15, 0.2) is 5.96 Å². The van der Waals surface area contributed by atoms with Crippen LogP contribution in [0, 0.1) is 5.92 Å². The van der Waals surface area contributed by atoms with E-state index in [-0.39, 0.29) is 4.75 Å². The molecule has 1 unspecified atom stereocenters. The lowest BCUT2D eigenvalue weighted by Gasteiger charge is -2.18. The fraction of sp³-hybridized carbons (Fsp3) is 0.941. The third-order valence-corrected chi connectivity index (χ3v) is 6.23. The van der Waals surface area contributed by atoms with Gasteiger partial charge in [0.1, 0.15) is 0 Å². The maximum atomic E-state index is 12.0. The van der Waals surface area contributed by atoms with Gasteiger partial charge in [0.05, 0.1) is 0 Å². The minimum absolute atomic E-state index is 0.140. The predicted octanol–water partition coefficient (Wildman–Crippen LogP) is 3.06. The van der Waals surface area contributed by atoms with Gasteiger partial charge in [0.25, 0.3) is 0 Å². The van der Waals surface area contributed by atoms with E-state index in [0.717, 1.165) is 18.4 Å². The first-order valence-electron chi connectivity index (χ1n) is 8.76. The number of hydrogen-bond acceptors (Lipinski definition) is 2. The van der Waals surface area contributed by atoms with Crippen LogP contribution < -0.4 is 10.6 Å². The predicted molar refractivity (Wildman–Crippen MR) is 97.9 cm³/mol. The summed E-state index contributed by atoms with van der Waals surface area (Å²) in [7, 11) is 0.975. The number of nitrogens with one attached hydrogen (secondary N) is 2. The van der Waals surface area contributed by atoms with Crippen molar-refractivity contribution < 1.29 is 4.21 Å². The van der Waals surface area contributed by atoms with Crippen molar-refractivity contribution in [3.8, 4) is 0 Å². The number of hydrogen-bond donors (Lipinski definition) is 2. The van der Waals surface area contributed by atoms with E-state index in [2.05, 4.69) is 15.6 Å². The van der Waals surface area contributed by atoms with Crippen LogP contribution in [0.4, 0.5) is 0 Å². The summed E-state index contributed by atoms with van der Waals surface area (Å²) < 4.78 is 11.8. The van der Waals surface area contributed by atoms with Gasteiger partial charge in [-0.05, 0) is 33.1 Å². The fourth-order valence-corrected chi connectivity index (χ4v) is 3.75. The van der Waals surface area contributed by atoms with Gasteiger partial charge in [-0.3, -0.25) is 9.20 Å². The summed E-state index contributed by atoms with van der Waals surface area (Å²) in [5, 5.41) is 6.60. The highest BCUT2D eigenvalue weighted by molar-refractivity contribution is 7.86. The van der Waals surface area contributed by atoms with Crippen molar-refractivity contribution in [2.45, 2.75) is 70.5 Å². The minimum atomic E-state index is -0.811. The van der Waals surface area contributed by atoms with Crippen molar-refractivity contribution in [1.29, 1.82) is 0 Å². The Labute approximate surface area is 139 Å². The molecule has 130 valence electrons. The molecule has 1 aliphatic rings. The summed E-state index contributed by atoms with van der Waals surface area (Å²) >= 11 is 0. The third kappa shape index (κ3) is 8.16. The van der Waals surface area contributed by atoms with Gasteiger partial charge in [-0.1, -0.05) is 38.5 Å². The van der Waals surface area contributed by atoms with Crippen molar-refractivity contribution in [2.24, 2.45) is 10.9 Å². The van der Waals surface area contributed by atoms with Crippen LogP contribution in [0.1, 0.15) is 65.7 Å². The van der Waals surface area contributed by atoms with Crippen LogP contribution in [0.25, 0.3) is 0 Å². The van der Waals surface area contributed by atoms with Crippen molar-refractivity contribution in [2.75, 3.05) is 25.9 Å². The average molecular weight is 330 g/mol. The van der Waals surface area contributed by atoms with Crippen molar-refractivity contribution in [3.63, 3.8) is 0 Å². The molecule has 4 nitrogen and oxygen atoms in total. The van der Waals surface area contributed by atoms with Crippen molar-refractivity contribution in [1.82, 2.24) is 10.6 Å². The molecule has 0 aromatic rings. The zero-order valence-electron chi connectivity index (χ0n) is 14.9. The van der Waals surface area contributed by atoms with Crippen molar-refractivity contribution >= 4 is 16.8 Å². The molecular weight excluding hydrogens is 294 g/mol. The molecule has 1 atom stereocenters. The molecule has 2 N–H and O–H groups in total. The zero-order chi connectivity index (χ0) is 16.4. The molecule has 0 saturated heterocycles. The summed E-state index contributed by atoms with van der Waals surface area (Å²) in [4.78, 5) is 4.22. The zero-order valence-corrected chi connectivity index (χ0v) is 15.7. The molecule has 0 spiro atoms. The van der Waals surface area contributed by atoms with Gasteiger partial charge in [-0.2, -0.15) is 0 Å². The molecule has 0 aliphatic heterocycles. The summed E-state index contributed by atoms with van der Waals surface area (Å²) in [6.07, 6.45) is 9.67. The van der Waals surface area contributed by atoms with Crippen LogP contribution >= 0.6 is 0 Å². The Bertz CT molecular complexity index is 357. The second-order valence-electron chi connectivity index (χ2n) is 7.23. The molecule has 0 amide bonds. The van der Waals surface area contributed by atoms with E-state index in [1.807, 2.05) is 20.8 Å². The Morgan fingerprint density at radius 3 is 2.36 bits per heavy atom. The minimum Gasteiger partial charge on any atom is -0.356 e. The smallest absolute Gasteiger partial charge is 0.191 e. The monoisotopic (exact) mass is 329 g/mol. The van der Waals surface area contributed by atoms with Crippen LogP contribution in [-0.2, 0) is 10.8 Å². The van der Waals surface area contributed by atoms with Gasteiger partial charge in [0, 0.05) is 41.4 Å².